The fourth-order valence-electron chi connectivity index (χ4n) is 3.59. The molecule has 0 bridgehead atoms. The third-order valence-corrected chi connectivity index (χ3v) is 4.71. The molecule has 3 rings (SSSR count). The Morgan fingerprint density at radius 1 is 1.15 bits per heavy atom. The second kappa shape index (κ2) is 6.10. The number of hydrogen-bond acceptors (Lipinski definition) is 3. The first-order valence-electron chi connectivity index (χ1n) is 7.76. The molecular weight excluding hydrogens is 253 g/mol. The van der Waals surface area contributed by atoms with Crippen LogP contribution in [0.3, 0.4) is 0 Å². The first-order valence-corrected chi connectivity index (χ1v) is 7.76. The van der Waals surface area contributed by atoms with Crippen LogP contribution < -0.4 is 10.6 Å². The van der Waals surface area contributed by atoms with E-state index in [0.717, 1.165) is 18.8 Å². The highest BCUT2D eigenvalue weighted by Crippen LogP contribution is 2.28. The SMILES string of the molecule is NCc1c(F)cccc1N1CCC(N2CCCCC2)C1. The van der Waals surface area contributed by atoms with Crippen molar-refractivity contribution in [1.82, 2.24) is 4.90 Å². The van der Waals surface area contributed by atoms with Crippen LogP contribution >= 0.6 is 0 Å². The van der Waals surface area contributed by atoms with E-state index in [2.05, 4.69) is 9.80 Å². The van der Waals surface area contributed by atoms with Crippen molar-refractivity contribution >= 4 is 5.69 Å². The Hall–Kier alpha value is -1.13. The molecule has 0 saturated carbocycles. The van der Waals surface area contributed by atoms with Gasteiger partial charge < -0.3 is 10.6 Å². The standard InChI is InChI=1S/C16H24FN3/c17-15-5-4-6-16(14(15)11-18)20-10-7-13(12-20)19-8-2-1-3-9-19/h4-6,13H,1-3,7-12,18H2. The molecule has 2 fully saturated rings. The highest BCUT2D eigenvalue weighted by atomic mass is 19.1. The number of rotatable bonds is 3. The lowest BCUT2D eigenvalue weighted by molar-refractivity contribution is 0.175. The second-order valence-electron chi connectivity index (χ2n) is 5.93. The molecule has 4 heteroatoms. The predicted molar refractivity (Wildman–Crippen MR) is 80.3 cm³/mol. The predicted octanol–water partition coefficient (Wildman–Crippen LogP) is 2.35. The molecule has 0 radical (unpaired) electrons. The number of nitrogens with zero attached hydrogens (tertiary/aromatic N) is 2. The van der Waals surface area contributed by atoms with Crippen LogP contribution in [0.25, 0.3) is 0 Å². The smallest absolute Gasteiger partial charge is 0.129 e. The van der Waals surface area contributed by atoms with E-state index >= 15 is 0 Å². The minimum Gasteiger partial charge on any atom is -0.370 e. The Morgan fingerprint density at radius 3 is 2.70 bits per heavy atom. The van der Waals surface area contributed by atoms with Crippen molar-refractivity contribution in [1.29, 1.82) is 0 Å². The van der Waals surface area contributed by atoms with Gasteiger partial charge in [-0.15, -0.1) is 0 Å². The number of halogens is 1. The average Bonchev–Trinajstić information content (AvgIpc) is 2.97. The van der Waals surface area contributed by atoms with E-state index in [0.29, 0.717) is 11.6 Å². The van der Waals surface area contributed by atoms with Crippen molar-refractivity contribution in [2.75, 3.05) is 31.1 Å². The topological polar surface area (TPSA) is 32.5 Å². The van der Waals surface area contributed by atoms with Crippen molar-refractivity contribution in [2.24, 2.45) is 5.73 Å². The van der Waals surface area contributed by atoms with Crippen molar-refractivity contribution in [2.45, 2.75) is 38.3 Å². The molecule has 110 valence electrons. The molecule has 0 spiro atoms. The zero-order valence-corrected chi connectivity index (χ0v) is 12.0. The molecule has 2 N–H and O–H groups in total. The largest absolute Gasteiger partial charge is 0.370 e. The minimum absolute atomic E-state index is 0.175. The summed E-state index contributed by atoms with van der Waals surface area (Å²) in [7, 11) is 0. The summed E-state index contributed by atoms with van der Waals surface area (Å²) in [5.74, 6) is -0.175. The zero-order valence-electron chi connectivity index (χ0n) is 12.0. The molecule has 1 aromatic carbocycles. The third-order valence-electron chi connectivity index (χ3n) is 4.71. The van der Waals surface area contributed by atoms with E-state index in [1.807, 2.05) is 6.07 Å². The Balaban J connectivity index is 1.72. The number of nitrogens with two attached hydrogens (primary N) is 1. The van der Waals surface area contributed by atoms with E-state index in [-0.39, 0.29) is 12.4 Å². The number of piperidine rings is 1. The summed E-state index contributed by atoms with van der Waals surface area (Å²) in [6.07, 6.45) is 5.20. The molecule has 1 atom stereocenters. The highest BCUT2D eigenvalue weighted by molar-refractivity contribution is 5.55. The fourth-order valence-corrected chi connectivity index (χ4v) is 3.59. The van der Waals surface area contributed by atoms with Gasteiger partial charge in [0.25, 0.3) is 0 Å². The van der Waals surface area contributed by atoms with Crippen molar-refractivity contribution in [3.8, 4) is 0 Å². The Labute approximate surface area is 120 Å². The summed E-state index contributed by atoms with van der Waals surface area (Å²) in [6, 6.07) is 5.93. The second-order valence-corrected chi connectivity index (χ2v) is 5.93. The van der Waals surface area contributed by atoms with Crippen molar-refractivity contribution in [3.05, 3.63) is 29.6 Å². The molecule has 0 aliphatic carbocycles. The zero-order chi connectivity index (χ0) is 13.9. The van der Waals surface area contributed by atoms with Gasteiger partial charge in [0.05, 0.1) is 0 Å². The third kappa shape index (κ3) is 2.67. The summed E-state index contributed by atoms with van der Waals surface area (Å²) in [5, 5.41) is 0. The van der Waals surface area contributed by atoms with Gasteiger partial charge in [-0.1, -0.05) is 12.5 Å². The van der Waals surface area contributed by atoms with Crippen LogP contribution in [0.4, 0.5) is 10.1 Å². The molecule has 2 aliphatic rings. The summed E-state index contributed by atoms with van der Waals surface area (Å²) in [5.41, 5.74) is 7.37. The minimum atomic E-state index is -0.175. The summed E-state index contributed by atoms with van der Waals surface area (Å²) >= 11 is 0. The maximum Gasteiger partial charge on any atom is 0.129 e. The van der Waals surface area contributed by atoms with Crippen LogP contribution in [0.15, 0.2) is 18.2 Å². The summed E-state index contributed by atoms with van der Waals surface area (Å²) in [6.45, 7) is 4.75. The Kier molecular flexibility index (Phi) is 4.22. The van der Waals surface area contributed by atoms with Crippen LogP contribution in [-0.4, -0.2) is 37.1 Å². The normalized spacial score (nSPS) is 24.3. The molecule has 20 heavy (non-hydrogen) atoms. The molecule has 2 heterocycles. The van der Waals surface area contributed by atoms with Crippen molar-refractivity contribution in [3.63, 3.8) is 0 Å². The maximum absolute atomic E-state index is 13.8. The van der Waals surface area contributed by atoms with Gasteiger partial charge in [0, 0.05) is 36.9 Å². The molecule has 0 aromatic heterocycles. The van der Waals surface area contributed by atoms with Gasteiger partial charge in [-0.05, 0) is 44.5 Å². The van der Waals surface area contributed by atoms with Crippen LogP contribution in [0.1, 0.15) is 31.2 Å². The van der Waals surface area contributed by atoms with E-state index in [1.54, 1.807) is 6.07 Å². The van der Waals surface area contributed by atoms with Gasteiger partial charge in [0.15, 0.2) is 0 Å². The van der Waals surface area contributed by atoms with Gasteiger partial charge in [-0.25, -0.2) is 4.39 Å². The van der Waals surface area contributed by atoms with Gasteiger partial charge >= 0.3 is 0 Å². The van der Waals surface area contributed by atoms with Gasteiger partial charge in [0.2, 0.25) is 0 Å². The van der Waals surface area contributed by atoms with Gasteiger partial charge in [0.1, 0.15) is 5.82 Å². The fraction of sp³-hybridized carbons (Fsp3) is 0.625. The van der Waals surface area contributed by atoms with Gasteiger partial charge in [-0.3, -0.25) is 4.90 Å². The first kappa shape index (κ1) is 13.8. The molecule has 0 amide bonds. The monoisotopic (exact) mass is 277 g/mol. The Morgan fingerprint density at radius 2 is 1.95 bits per heavy atom. The molecule has 2 aliphatic heterocycles. The first-order chi connectivity index (χ1) is 9.79. The summed E-state index contributed by atoms with van der Waals surface area (Å²) in [4.78, 5) is 4.93. The summed E-state index contributed by atoms with van der Waals surface area (Å²) < 4.78 is 13.8. The van der Waals surface area contributed by atoms with Crippen LogP contribution in [0.5, 0.6) is 0 Å². The number of benzene rings is 1. The lowest BCUT2D eigenvalue weighted by Gasteiger charge is -2.32. The maximum atomic E-state index is 13.8. The van der Waals surface area contributed by atoms with E-state index in [4.69, 9.17) is 5.73 Å². The number of likely N-dealkylation sites (tertiary alicyclic amines) is 1. The van der Waals surface area contributed by atoms with Crippen LogP contribution in [0, 0.1) is 5.82 Å². The lowest BCUT2D eigenvalue weighted by atomic mass is 10.1. The van der Waals surface area contributed by atoms with E-state index in [9.17, 15) is 4.39 Å². The molecule has 1 unspecified atom stereocenters. The van der Waals surface area contributed by atoms with E-state index < -0.39 is 0 Å². The number of anilines is 1. The average molecular weight is 277 g/mol. The lowest BCUT2D eigenvalue weighted by Crippen LogP contribution is -2.41. The molecule has 3 nitrogen and oxygen atoms in total. The Bertz CT molecular complexity index is 457. The number of hydrogen-bond donors (Lipinski definition) is 1. The van der Waals surface area contributed by atoms with Crippen molar-refractivity contribution < 1.29 is 4.39 Å². The molecule has 1 aromatic rings. The quantitative estimate of drug-likeness (QED) is 0.920. The molecular formula is C16H24FN3. The van der Waals surface area contributed by atoms with Crippen LogP contribution in [-0.2, 0) is 6.54 Å². The van der Waals surface area contributed by atoms with Gasteiger partial charge in [-0.2, -0.15) is 0 Å². The molecule has 2 saturated heterocycles. The van der Waals surface area contributed by atoms with Crippen LogP contribution in [0.2, 0.25) is 0 Å². The highest BCUT2D eigenvalue weighted by Gasteiger charge is 2.29. The van der Waals surface area contributed by atoms with E-state index in [1.165, 1.54) is 44.8 Å².